The van der Waals surface area contributed by atoms with Crippen LogP contribution >= 0.6 is 0 Å². The van der Waals surface area contributed by atoms with Gasteiger partial charge in [0.2, 0.25) is 0 Å². The van der Waals surface area contributed by atoms with E-state index in [0.717, 1.165) is 24.2 Å². The van der Waals surface area contributed by atoms with Crippen molar-refractivity contribution in [1.29, 1.82) is 0 Å². The maximum absolute atomic E-state index is 9.96. The summed E-state index contributed by atoms with van der Waals surface area (Å²) in [4.78, 5) is 2.25. The number of aryl methyl sites for hydroxylation is 1. The first-order valence-electron chi connectivity index (χ1n) is 6.94. The molecule has 3 nitrogen and oxygen atoms in total. The Morgan fingerprint density at radius 2 is 1.80 bits per heavy atom. The van der Waals surface area contributed by atoms with Crippen molar-refractivity contribution >= 4 is 0 Å². The molecule has 20 heavy (non-hydrogen) atoms. The zero-order valence-electron chi connectivity index (χ0n) is 11.9. The molecule has 0 bridgehead atoms. The van der Waals surface area contributed by atoms with Crippen molar-refractivity contribution in [1.82, 2.24) is 4.90 Å². The van der Waals surface area contributed by atoms with E-state index in [1.54, 1.807) is 6.07 Å². The molecule has 0 aliphatic carbocycles. The van der Waals surface area contributed by atoms with E-state index < -0.39 is 0 Å². The number of benzene rings is 2. The van der Waals surface area contributed by atoms with Crippen LogP contribution in [0.2, 0.25) is 0 Å². The van der Waals surface area contributed by atoms with Crippen LogP contribution in [0.15, 0.2) is 48.5 Å². The summed E-state index contributed by atoms with van der Waals surface area (Å²) in [7, 11) is 0. The minimum absolute atomic E-state index is 0.352. The standard InChI is InChI=1S/C17H22N2O/c1-14-7-8-17(20)16(11-14)13-19(10-9-18)12-15-5-3-2-4-6-15/h2-8,11,20H,9-10,12-13,18H2,1H3. The number of phenols is 1. The molecule has 0 atom stereocenters. The summed E-state index contributed by atoms with van der Waals surface area (Å²) in [6, 6.07) is 16.0. The number of hydrogen-bond acceptors (Lipinski definition) is 3. The Kier molecular flexibility index (Phi) is 5.16. The number of nitrogens with two attached hydrogens (primary N) is 1. The third kappa shape index (κ3) is 4.08. The van der Waals surface area contributed by atoms with Crippen LogP contribution in [0.25, 0.3) is 0 Å². The van der Waals surface area contributed by atoms with E-state index in [4.69, 9.17) is 5.73 Å². The van der Waals surface area contributed by atoms with Gasteiger partial charge in [-0.3, -0.25) is 4.90 Å². The van der Waals surface area contributed by atoms with Gasteiger partial charge in [0.05, 0.1) is 0 Å². The average Bonchev–Trinajstić information content (AvgIpc) is 2.44. The van der Waals surface area contributed by atoms with Gasteiger partial charge in [0.25, 0.3) is 0 Å². The summed E-state index contributed by atoms with van der Waals surface area (Å²) in [5, 5.41) is 9.96. The van der Waals surface area contributed by atoms with Crippen LogP contribution < -0.4 is 5.73 Å². The van der Waals surface area contributed by atoms with Crippen molar-refractivity contribution in [2.45, 2.75) is 20.0 Å². The molecule has 0 aromatic heterocycles. The molecule has 0 fully saturated rings. The molecular weight excluding hydrogens is 248 g/mol. The molecule has 0 saturated carbocycles. The number of nitrogens with zero attached hydrogens (tertiary/aromatic N) is 1. The van der Waals surface area contributed by atoms with Crippen LogP contribution in [0.5, 0.6) is 5.75 Å². The molecule has 3 heteroatoms. The van der Waals surface area contributed by atoms with Crippen molar-refractivity contribution in [2.75, 3.05) is 13.1 Å². The molecular formula is C17H22N2O. The number of phenolic OH excluding ortho intramolecular Hbond substituents is 1. The highest BCUT2D eigenvalue weighted by Gasteiger charge is 2.09. The molecule has 2 rings (SSSR count). The lowest BCUT2D eigenvalue weighted by molar-refractivity contribution is 0.260. The smallest absolute Gasteiger partial charge is 0.120 e. The summed E-state index contributed by atoms with van der Waals surface area (Å²) >= 11 is 0. The van der Waals surface area contributed by atoms with Crippen LogP contribution in [-0.4, -0.2) is 23.1 Å². The second-order valence-corrected chi connectivity index (χ2v) is 5.12. The average molecular weight is 270 g/mol. The highest BCUT2D eigenvalue weighted by atomic mass is 16.3. The molecule has 3 N–H and O–H groups in total. The van der Waals surface area contributed by atoms with E-state index in [0.29, 0.717) is 18.8 Å². The van der Waals surface area contributed by atoms with Gasteiger partial charge in [0, 0.05) is 31.7 Å². The Morgan fingerprint density at radius 3 is 2.50 bits per heavy atom. The predicted molar refractivity (Wildman–Crippen MR) is 82.5 cm³/mol. The van der Waals surface area contributed by atoms with Gasteiger partial charge in [-0.15, -0.1) is 0 Å². The summed E-state index contributed by atoms with van der Waals surface area (Å²) < 4.78 is 0. The third-order valence-corrected chi connectivity index (χ3v) is 3.32. The van der Waals surface area contributed by atoms with E-state index in [-0.39, 0.29) is 0 Å². The zero-order valence-corrected chi connectivity index (χ0v) is 11.9. The van der Waals surface area contributed by atoms with Gasteiger partial charge in [-0.05, 0) is 18.6 Å². The molecule has 0 aliphatic heterocycles. The van der Waals surface area contributed by atoms with Gasteiger partial charge in [0.1, 0.15) is 5.75 Å². The van der Waals surface area contributed by atoms with Gasteiger partial charge in [-0.25, -0.2) is 0 Å². The van der Waals surface area contributed by atoms with Crippen LogP contribution in [0, 0.1) is 6.92 Å². The lowest BCUT2D eigenvalue weighted by Crippen LogP contribution is -2.28. The predicted octanol–water partition coefficient (Wildman–Crippen LogP) is 2.66. The van der Waals surface area contributed by atoms with E-state index in [2.05, 4.69) is 17.0 Å². The third-order valence-electron chi connectivity index (χ3n) is 3.32. The fraction of sp³-hybridized carbons (Fsp3) is 0.294. The molecule has 0 amide bonds. The van der Waals surface area contributed by atoms with E-state index in [1.807, 2.05) is 37.3 Å². The van der Waals surface area contributed by atoms with Crippen LogP contribution in [0.4, 0.5) is 0 Å². The SMILES string of the molecule is Cc1ccc(O)c(CN(CCN)Cc2ccccc2)c1. The van der Waals surface area contributed by atoms with Crippen molar-refractivity contribution in [3.63, 3.8) is 0 Å². The lowest BCUT2D eigenvalue weighted by Gasteiger charge is -2.22. The first kappa shape index (κ1) is 14.6. The largest absolute Gasteiger partial charge is 0.508 e. The highest BCUT2D eigenvalue weighted by molar-refractivity contribution is 5.35. The summed E-state index contributed by atoms with van der Waals surface area (Å²) in [5.74, 6) is 0.352. The molecule has 0 radical (unpaired) electrons. The second kappa shape index (κ2) is 7.08. The molecule has 0 spiro atoms. The molecule has 0 unspecified atom stereocenters. The number of aromatic hydroxyl groups is 1. The molecule has 0 aliphatic rings. The summed E-state index contributed by atoms with van der Waals surface area (Å²) in [6.07, 6.45) is 0. The fourth-order valence-electron chi connectivity index (χ4n) is 2.32. The lowest BCUT2D eigenvalue weighted by atomic mass is 10.1. The van der Waals surface area contributed by atoms with Crippen molar-refractivity contribution in [3.05, 3.63) is 65.2 Å². The Hall–Kier alpha value is -1.84. The zero-order chi connectivity index (χ0) is 14.4. The van der Waals surface area contributed by atoms with Crippen molar-refractivity contribution < 1.29 is 5.11 Å². The Bertz CT molecular complexity index is 540. The quantitative estimate of drug-likeness (QED) is 0.848. The molecule has 0 saturated heterocycles. The Morgan fingerprint density at radius 1 is 1.05 bits per heavy atom. The monoisotopic (exact) mass is 270 g/mol. The first-order valence-corrected chi connectivity index (χ1v) is 6.94. The molecule has 2 aromatic rings. The molecule has 106 valence electrons. The van der Waals surface area contributed by atoms with Gasteiger partial charge in [0.15, 0.2) is 0 Å². The summed E-state index contributed by atoms with van der Waals surface area (Å²) in [5.41, 5.74) is 9.07. The fourth-order valence-corrected chi connectivity index (χ4v) is 2.32. The van der Waals surface area contributed by atoms with Crippen LogP contribution in [0.1, 0.15) is 16.7 Å². The minimum Gasteiger partial charge on any atom is -0.508 e. The van der Waals surface area contributed by atoms with Crippen molar-refractivity contribution in [2.24, 2.45) is 5.73 Å². The van der Waals surface area contributed by atoms with Gasteiger partial charge >= 0.3 is 0 Å². The number of rotatable bonds is 6. The minimum atomic E-state index is 0.352. The molecule has 0 heterocycles. The van der Waals surface area contributed by atoms with E-state index >= 15 is 0 Å². The van der Waals surface area contributed by atoms with Crippen LogP contribution in [-0.2, 0) is 13.1 Å². The van der Waals surface area contributed by atoms with Crippen LogP contribution in [0.3, 0.4) is 0 Å². The summed E-state index contributed by atoms with van der Waals surface area (Å²) in [6.45, 7) is 5.00. The Labute approximate surface area is 120 Å². The van der Waals surface area contributed by atoms with Gasteiger partial charge in [-0.2, -0.15) is 0 Å². The maximum atomic E-state index is 9.96. The number of hydrogen-bond donors (Lipinski definition) is 2. The normalized spacial score (nSPS) is 10.9. The highest BCUT2D eigenvalue weighted by Crippen LogP contribution is 2.20. The van der Waals surface area contributed by atoms with Gasteiger partial charge in [-0.1, -0.05) is 48.0 Å². The van der Waals surface area contributed by atoms with E-state index in [9.17, 15) is 5.11 Å². The Balaban J connectivity index is 2.11. The van der Waals surface area contributed by atoms with Gasteiger partial charge < -0.3 is 10.8 Å². The van der Waals surface area contributed by atoms with E-state index in [1.165, 1.54) is 5.56 Å². The second-order valence-electron chi connectivity index (χ2n) is 5.12. The van der Waals surface area contributed by atoms with Crippen molar-refractivity contribution in [3.8, 4) is 5.75 Å². The topological polar surface area (TPSA) is 49.5 Å². The maximum Gasteiger partial charge on any atom is 0.120 e. The first-order chi connectivity index (χ1) is 9.69. The molecule has 2 aromatic carbocycles.